The van der Waals surface area contributed by atoms with Gasteiger partial charge in [-0.05, 0) is 38.1 Å². The Morgan fingerprint density at radius 3 is 2.53 bits per heavy atom. The molecule has 0 radical (unpaired) electrons. The van der Waals surface area contributed by atoms with Gasteiger partial charge in [-0.15, -0.1) is 0 Å². The van der Waals surface area contributed by atoms with Gasteiger partial charge in [0.2, 0.25) is 0 Å². The van der Waals surface area contributed by atoms with E-state index < -0.39 is 0 Å². The zero-order valence-electron chi connectivity index (χ0n) is 9.10. The van der Waals surface area contributed by atoms with Crippen molar-refractivity contribution in [1.82, 2.24) is 4.98 Å². The van der Waals surface area contributed by atoms with Crippen molar-refractivity contribution in [3.63, 3.8) is 0 Å². The maximum absolute atomic E-state index is 5.61. The van der Waals surface area contributed by atoms with Gasteiger partial charge in [0.25, 0.3) is 0 Å². The van der Waals surface area contributed by atoms with Crippen LogP contribution in [-0.2, 0) is 0 Å². The quantitative estimate of drug-likeness (QED) is 0.549. The average Bonchev–Trinajstić information content (AvgIpc) is 2.25. The van der Waals surface area contributed by atoms with Crippen LogP contribution >= 0.6 is 0 Å². The number of allylic oxidation sites excluding steroid dienone is 4. The molecule has 0 aliphatic carbocycles. The van der Waals surface area contributed by atoms with Gasteiger partial charge in [0.1, 0.15) is 11.5 Å². The molecule has 0 aliphatic heterocycles. The van der Waals surface area contributed by atoms with Gasteiger partial charge >= 0.3 is 0 Å². The molecular formula is C13H15NO. The molecule has 0 N–H and O–H groups in total. The van der Waals surface area contributed by atoms with Crippen LogP contribution in [0.4, 0.5) is 0 Å². The number of nitrogens with zero attached hydrogens (tertiary/aromatic N) is 1. The fourth-order valence-electron chi connectivity index (χ4n) is 0.956. The van der Waals surface area contributed by atoms with Crippen LogP contribution < -0.4 is 4.74 Å². The predicted molar refractivity (Wildman–Crippen MR) is 62.6 cm³/mol. The van der Waals surface area contributed by atoms with Crippen LogP contribution in [0, 0.1) is 0 Å². The summed E-state index contributed by atoms with van der Waals surface area (Å²) in [5.41, 5.74) is 0.993. The normalized spacial score (nSPS) is 11.7. The molecule has 0 aliphatic rings. The first-order valence-electron chi connectivity index (χ1n) is 4.80. The molecular weight excluding hydrogens is 186 g/mol. The third-order valence-corrected chi connectivity index (χ3v) is 1.70. The largest absolute Gasteiger partial charge is 0.458 e. The molecule has 1 heterocycles. The lowest BCUT2D eigenvalue weighted by molar-refractivity contribution is 0.442. The van der Waals surface area contributed by atoms with E-state index in [0.29, 0.717) is 0 Å². The minimum absolute atomic E-state index is 0.782. The first kappa shape index (κ1) is 11.2. The highest BCUT2D eigenvalue weighted by Crippen LogP contribution is 2.12. The van der Waals surface area contributed by atoms with E-state index in [2.05, 4.69) is 11.6 Å². The van der Waals surface area contributed by atoms with Crippen molar-refractivity contribution in [3.8, 4) is 5.75 Å². The summed E-state index contributed by atoms with van der Waals surface area (Å²) in [5.74, 6) is 1.58. The van der Waals surface area contributed by atoms with Crippen molar-refractivity contribution in [1.29, 1.82) is 0 Å². The Kier molecular flexibility index (Phi) is 4.35. The predicted octanol–water partition coefficient (Wildman–Crippen LogP) is 3.50. The standard InChI is InChI=1S/C13H15NO/c1-4-12(6-5-11(2)3)15-13-7-9-14-10-8-13/h4-10H,2H2,1,3H3/b6-5-,12-4+. The second-order valence-corrected chi connectivity index (χ2v) is 3.16. The minimum atomic E-state index is 0.782. The number of pyridine rings is 1. The molecule has 0 saturated carbocycles. The number of hydrogen-bond acceptors (Lipinski definition) is 2. The summed E-state index contributed by atoms with van der Waals surface area (Å²) in [5, 5.41) is 0. The number of rotatable bonds is 4. The monoisotopic (exact) mass is 201 g/mol. The van der Waals surface area contributed by atoms with Crippen LogP contribution in [0.3, 0.4) is 0 Å². The Morgan fingerprint density at radius 1 is 1.33 bits per heavy atom. The van der Waals surface area contributed by atoms with Gasteiger partial charge in [-0.2, -0.15) is 0 Å². The average molecular weight is 201 g/mol. The van der Waals surface area contributed by atoms with Gasteiger partial charge < -0.3 is 4.74 Å². The van der Waals surface area contributed by atoms with Gasteiger partial charge in [-0.1, -0.05) is 18.2 Å². The maximum atomic E-state index is 5.61. The second kappa shape index (κ2) is 5.81. The molecule has 1 aromatic rings. The first-order valence-corrected chi connectivity index (χ1v) is 4.80. The fourth-order valence-corrected chi connectivity index (χ4v) is 0.956. The van der Waals surface area contributed by atoms with E-state index in [1.165, 1.54) is 0 Å². The van der Waals surface area contributed by atoms with Crippen molar-refractivity contribution in [2.24, 2.45) is 0 Å². The van der Waals surface area contributed by atoms with Gasteiger partial charge in [-0.25, -0.2) is 0 Å². The molecule has 0 atom stereocenters. The zero-order valence-corrected chi connectivity index (χ0v) is 9.10. The van der Waals surface area contributed by atoms with Gasteiger partial charge in [0.15, 0.2) is 0 Å². The zero-order chi connectivity index (χ0) is 11.1. The molecule has 0 aromatic carbocycles. The molecule has 2 heteroatoms. The summed E-state index contributed by atoms with van der Waals surface area (Å²) in [6, 6.07) is 3.64. The molecule has 1 rings (SSSR count). The van der Waals surface area contributed by atoms with Crippen LogP contribution in [0.25, 0.3) is 0 Å². The lowest BCUT2D eigenvalue weighted by Gasteiger charge is -2.04. The lowest BCUT2D eigenvalue weighted by atomic mass is 10.3. The third-order valence-electron chi connectivity index (χ3n) is 1.70. The second-order valence-electron chi connectivity index (χ2n) is 3.16. The summed E-state index contributed by atoms with van der Waals surface area (Å²) in [6.07, 6.45) is 9.11. The van der Waals surface area contributed by atoms with E-state index in [0.717, 1.165) is 17.1 Å². The Bertz CT molecular complexity index is 377. The molecule has 2 nitrogen and oxygen atoms in total. The number of ether oxygens (including phenoxy) is 1. The van der Waals surface area contributed by atoms with Gasteiger partial charge in [-0.3, -0.25) is 4.98 Å². The Morgan fingerprint density at radius 2 is 2.00 bits per heavy atom. The summed E-state index contributed by atoms with van der Waals surface area (Å²) in [4.78, 5) is 3.92. The van der Waals surface area contributed by atoms with Crippen molar-refractivity contribution in [2.45, 2.75) is 13.8 Å². The highest BCUT2D eigenvalue weighted by Gasteiger charge is 1.94. The van der Waals surface area contributed by atoms with Crippen LogP contribution in [-0.4, -0.2) is 4.98 Å². The smallest absolute Gasteiger partial charge is 0.130 e. The molecule has 15 heavy (non-hydrogen) atoms. The van der Waals surface area contributed by atoms with Crippen molar-refractivity contribution >= 4 is 0 Å². The summed E-state index contributed by atoms with van der Waals surface area (Å²) in [6.45, 7) is 7.66. The molecule has 0 bridgehead atoms. The van der Waals surface area contributed by atoms with E-state index in [1.54, 1.807) is 12.4 Å². The van der Waals surface area contributed by atoms with Crippen LogP contribution in [0.15, 0.2) is 60.7 Å². The molecule has 0 saturated heterocycles. The Labute approximate surface area is 90.6 Å². The van der Waals surface area contributed by atoms with Crippen molar-refractivity contribution < 1.29 is 4.74 Å². The van der Waals surface area contributed by atoms with Gasteiger partial charge in [0.05, 0.1) is 0 Å². The molecule has 1 aromatic heterocycles. The maximum Gasteiger partial charge on any atom is 0.130 e. The van der Waals surface area contributed by atoms with E-state index in [1.807, 2.05) is 44.2 Å². The fraction of sp³-hybridized carbons (Fsp3) is 0.154. The topological polar surface area (TPSA) is 22.1 Å². The minimum Gasteiger partial charge on any atom is -0.458 e. The van der Waals surface area contributed by atoms with E-state index in [-0.39, 0.29) is 0 Å². The number of aromatic nitrogens is 1. The third kappa shape index (κ3) is 4.27. The highest BCUT2D eigenvalue weighted by molar-refractivity contribution is 5.26. The van der Waals surface area contributed by atoms with Crippen LogP contribution in [0.1, 0.15) is 13.8 Å². The molecule has 78 valence electrons. The molecule has 0 unspecified atom stereocenters. The summed E-state index contributed by atoms with van der Waals surface area (Å²) in [7, 11) is 0. The van der Waals surface area contributed by atoms with Gasteiger partial charge in [0, 0.05) is 12.4 Å². The summed E-state index contributed by atoms with van der Waals surface area (Å²) >= 11 is 0. The molecule has 0 amide bonds. The first-order chi connectivity index (χ1) is 7.22. The van der Waals surface area contributed by atoms with Crippen LogP contribution in [0.5, 0.6) is 5.75 Å². The lowest BCUT2D eigenvalue weighted by Crippen LogP contribution is -1.91. The van der Waals surface area contributed by atoms with Crippen LogP contribution in [0.2, 0.25) is 0 Å². The highest BCUT2D eigenvalue weighted by atomic mass is 16.5. The van der Waals surface area contributed by atoms with Crippen molar-refractivity contribution in [2.75, 3.05) is 0 Å². The Hall–Kier alpha value is -1.83. The van der Waals surface area contributed by atoms with E-state index in [4.69, 9.17) is 4.74 Å². The van der Waals surface area contributed by atoms with E-state index >= 15 is 0 Å². The SMILES string of the molecule is C=C(C)/C=C\C(=C/C)Oc1ccncc1. The molecule has 0 fully saturated rings. The Balaban J connectivity index is 2.68. The van der Waals surface area contributed by atoms with Crippen molar-refractivity contribution in [3.05, 3.63) is 60.7 Å². The van der Waals surface area contributed by atoms with E-state index in [9.17, 15) is 0 Å². The molecule has 0 spiro atoms. The number of hydrogen-bond donors (Lipinski definition) is 0. The summed E-state index contributed by atoms with van der Waals surface area (Å²) < 4.78 is 5.61.